The predicted octanol–water partition coefficient (Wildman–Crippen LogP) is 4.84. The Bertz CT molecular complexity index is 1530. The van der Waals surface area contributed by atoms with Crippen LogP contribution in [-0.4, -0.2) is 67.6 Å². The number of piperidine rings is 1. The highest BCUT2D eigenvalue weighted by atomic mass is 35.5. The molecule has 0 aliphatic carbocycles. The number of rotatable bonds is 5. The molecule has 5 heterocycles. The zero-order valence-electron chi connectivity index (χ0n) is 20.6. The van der Waals surface area contributed by atoms with Gasteiger partial charge in [0.05, 0.1) is 34.4 Å². The molecule has 2 aliphatic heterocycles. The normalized spacial score (nSPS) is 17.8. The van der Waals surface area contributed by atoms with Gasteiger partial charge < -0.3 is 19.8 Å². The number of anilines is 1. The van der Waals surface area contributed by atoms with Gasteiger partial charge in [0.2, 0.25) is 0 Å². The Labute approximate surface area is 223 Å². The van der Waals surface area contributed by atoms with Gasteiger partial charge in [-0.1, -0.05) is 11.6 Å². The second-order valence-electron chi connectivity index (χ2n) is 10.0. The van der Waals surface area contributed by atoms with Crippen molar-refractivity contribution >= 4 is 34.4 Å². The van der Waals surface area contributed by atoms with E-state index in [1.54, 1.807) is 11.2 Å². The Morgan fingerprint density at radius 1 is 1.24 bits per heavy atom. The lowest BCUT2D eigenvalue weighted by Gasteiger charge is -2.54. The van der Waals surface area contributed by atoms with E-state index in [2.05, 4.69) is 42.0 Å². The van der Waals surface area contributed by atoms with Gasteiger partial charge in [-0.15, -0.1) is 0 Å². The van der Waals surface area contributed by atoms with Crippen LogP contribution < -0.4 is 5.32 Å². The molecule has 2 aliphatic rings. The highest BCUT2D eigenvalue weighted by molar-refractivity contribution is 6.33. The zero-order valence-corrected chi connectivity index (χ0v) is 21.3. The SMILES string of the molecule is N#CCC1(n2ccc(-c3ncnc4[nH]ccc34)c2)CN(C2CCN(C(=O)Nc3ccc(F)cc3Cl)CC2)C1. The highest BCUT2D eigenvalue weighted by Crippen LogP contribution is 2.38. The molecule has 1 aromatic carbocycles. The molecular formula is C27H26ClFN8O. The van der Waals surface area contributed by atoms with Crippen molar-refractivity contribution in [1.29, 1.82) is 5.26 Å². The van der Waals surface area contributed by atoms with Crippen LogP contribution in [0.15, 0.2) is 55.2 Å². The summed E-state index contributed by atoms with van der Waals surface area (Å²) in [4.78, 5) is 28.8. The van der Waals surface area contributed by atoms with Crippen LogP contribution in [-0.2, 0) is 5.54 Å². The third-order valence-corrected chi connectivity index (χ3v) is 8.02. The molecule has 0 unspecified atom stereocenters. The summed E-state index contributed by atoms with van der Waals surface area (Å²) < 4.78 is 15.5. The largest absolute Gasteiger partial charge is 0.346 e. The summed E-state index contributed by atoms with van der Waals surface area (Å²) in [5, 5.41) is 13.5. The van der Waals surface area contributed by atoms with Gasteiger partial charge in [-0.25, -0.2) is 19.2 Å². The maximum absolute atomic E-state index is 13.3. The molecule has 2 amide bonds. The van der Waals surface area contributed by atoms with E-state index in [1.807, 2.05) is 24.5 Å². The summed E-state index contributed by atoms with van der Waals surface area (Å²) in [5.74, 6) is -0.445. The minimum absolute atomic E-state index is 0.174. The van der Waals surface area contributed by atoms with Crippen LogP contribution in [0.2, 0.25) is 5.02 Å². The van der Waals surface area contributed by atoms with E-state index >= 15 is 0 Å². The lowest BCUT2D eigenvalue weighted by Crippen LogP contribution is -2.66. The van der Waals surface area contributed by atoms with Gasteiger partial charge in [0, 0.05) is 61.8 Å². The molecule has 194 valence electrons. The van der Waals surface area contributed by atoms with Crippen molar-refractivity contribution in [3.05, 3.63) is 66.1 Å². The Morgan fingerprint density at radius 2 is 2.05 bits per heavy atom. The van der Waals surface area contributed by atoms with Crippen molar-refractivity contribution < 1.29 is 9.18 Å². The lowest BCUT2D eigenvalue weighted by atomic mass is 9.83. The van der Waals surface area contributed by atoms with Crippen LogP contribution in [0.5, 0.6) is 0 Å². The number of hydrogen-bond donors (Lipinski definition) is 2. The second-order valence-corrected chi connectivity index (χ2v) is 10.4. The molecule has 4 aromatic rings. The molecule has 6 rings (SSSR count). The molecule has 0 spiro atoms. The van der Waals surface area contributed by atoms with Crippen molar-refractivity contribution in [1.82, 2.24) is 29.3 Å². The van der Waals surface area contributed by atoms with Crippen LogP contribution in [0.3, 0.4) is 0 Å². The molecule has 2 fully saturated rings. The number of carbonyl (C=O) groups excluding carboxylic acids is 1. The Hall–Kier alpha value is -3.94. The van der Waals surface area contributed by atoms with E-state index in [4.69, 9.17) is 11.6 Å². The highest BCUT2D eigenvalue weighted by Gasteiger charge is 2.47. The molecule has 2 saturated heterocycles. The maximum Gasteiger partial charge on any atom is 0.321 e. The molecule has 9 nitrogen and oxygen atoms in total. The van der Waals surface area contributed by atoms with Gasteiger partial charge in [-0.2, -0.15) is 5.26 Å². The number of H-pyrrole nitrogens is 1. The van der Waals surface area contributed by atoms with Crippen LogP contribution in [0, 0.1) is 17.1 Å². The van der Waals surface area contributed by atoms with Crippen LogP contribution in [0.4, 0.5) is 14.9 Å². The fraction of sp³-hybridized carbons (Fsp3) is 0.333. The average Bonchev–Trinajstić information content (AvgIpc) is 3.58. The smallest absolute Gasteiger partial charge is 0.321 e. The summed E-state index contributed by atoms with van der Waals surface area (Å²) in [6.45, 7) is 2.79. The Balaban J connectivity index is 1.09. The molecule has 2 N–H and O–H groups in total. The number of hydrogen-bond acceptors (Lipinski definition) is 5. The van der Waals surface area contributed by atoms with E-state index < -0.39 is 5.82 Å². The van der Waals surface area contributed by atoms with Crippen molar-refractivity contribution in [3.63, 3.8) is 0 Å². The standard InChI is InChI=1S/C27H26ClFN8O/c28-22-13-19(29)1-2-23(22)34-26(38)35-10-5-20(6-11-35)36-15-27(16-36,7-8-30)37-12-4-18(14-37)24-21-3-9-31-25(21)33-17-32-24/h1-4,9,12-14,17,20H,5-7,10-11,15-16H2,(H,34,38)(H,31,32,33). The molecule has 0 radical (unpaired) electrons. The Kier molecular flexibility index (Phi) is 6.26. The number of benzene rings is 1. The first-order chi connectivity index (χ1) is 18.5. The quantitative estimate of drug-likeness (QED) is 0.382. The maximum atomic E-state index is 13.3. The van der Waals surface area contributed by atoms with Gasteiger partial charge in [-0.3, -0.25) is 4.90 Å². The third kappa shape index (κ3) is 4.38. The third-order valence-electron chi connectivity index (χ3n) is 7.71. The van der Waals surface area contributed by atoms with E-state index in [0.717, 1.165) is 48.2 Å². The van der Waals surface area contributed by atoms with E-state index in [1.165, 1.54) is 18.2 Å². The first-order valence-corrected chi connectivity index (χ1v) is 12.9. The summed E-state index contributed by atoms with van der Waals surface area (Å²) in [7, 11) is 0. The average molecular weight is 533 g/mol. The number of nitrogens with one attached hydrogen (secondary N) is 2. The number of aromatic amines is 1. The van der Waals surface area contributed by atoms with Gasteiger partial charge in [-0.05, 0) is 43.2 Å². The van der Waals surface area contributed by atoms with Gasteiger partial charge >= 0.3 is 6.03 Å². The number of carbonyl (C=O) groups is 1. The lowest BCUT2D eigenvalue weighted by molar-refractivity contribution is -0.0332. The summed E-state index contributed by atoms with van der Waals surface area (Å²) in [5.41, 5.74) is 2.77. The number of urea groups is 1. The van der Waals surface area contributed by atoms with Crippen LogP contribution >= 0.6 is 11.6 Å². The topological polar surface area (TPSA) is 106 Å². The van der Waals surface area contributed by atoms with Crippen molar-refractivity contribution in [2.75, 3.05) is 31.5 Å². The van der Waals surface area contributed by atoms with Gasteiger partial charge in [0.1, 0.15) is 17.8 Å². The fourth-order valence-electron chi connectivity index (χ4n) is 5.63. The van der Waals surface area contributed by atoms with E-state index in [0.29, 0.717) is 31.2 Å². The zero-order chi connectivity index (χ0) is 26.3. The molecule has 38 heavy (non-hydrogen) atoms. The van der Waals surface area contributed by atoms with E-state index in [9.17, 15) is 14.4 Å². The Morgan fingerprint density at radius 3 is 2.82 bits per heavy atom. The number of aromatic nitrogens is 4. The number of fused-ring (bicyclic) bond motifs is 1. The van der Waals surface area contributed by atoms with Crippen molar-refractivity contribution in [2.45, 2.75) is 30.8 Å². The van der Waals surface area contributed by atoms with Gasteiger partial charge in [0.15, 0.2) is 0 Å². The minimum atomic E-state index is -0.445. The van der Waals surface area contributed by atoms with E-state index in [-0.39, 0.29) is 16.6 Å². The summed E-state index contributed by atoms with van der Waals surface area (Å²) in [6.07, 6.45) is 9.64. The molecular weight excluding hydrogens is 507 g/mol. The molecule has 0 saturated carbocycles. The number of amides is 2. The van der Waals surface area contributed by atoms with Crippen molar-refractivity contribution in [3.8, 4) is 17.3 Å². The number of likely N-dealkylation sites (tertiary alicyclic amines) is 2. The second kappa shape index (κ2) is 9.74. The molecule has 3 aromatic heterocycles. The minimum Gasteiger partial charge on any atom is -0.346 e. The fourth-order valence-corrected chi connectivity index (χ4v) is 5.85. The van der Waals surface area contributed by atoms with Crippen molar-refractivity contribution in [2.24, 2.45) is 0 Å². The molecule has 11 heteroatoms. The first kappa shape index (κ1) is 24.4. The first-order valence-electron chi connectivity index (χ1n) is 12.5. The van der Waals surface area contributed by atoms with Gasteiger partial charge in [0.25, 0.3) is 0 Å². The number of nitriles is 1. The predicted molar refractivity (Wildman–Crippen MR) is 142 cm³/mol. The van der Waals surface area contributed by atoms with Crippen LogP contribution in [0.25, 0.3) is 22.3 Å². The molecule has 0 bridgehead atoms. The number of nitrogens with zero attached hydrogens (tertiary/aromatic N) is 6. The monoisotopic (exact) mass is 532 g/mol. The summed E-state index contributed by atoms with van der Waals surface area (Å²) in [6, 6.07) is 10.4. The number of halogens is 2. The van der Waals surface area contributed by atoms with Crippen LogP contribution in [0.1, 0.15) is 19.3 Å². The molecule has 0 atom stereocenters. The summed E-state index contributed by atoms with van der Waals surface area (Å²) >= 11 is 6.05.